The van der Waals surface area contributed by atoms with E-state index in [1.54, 1.807) is 7.11 Å². The van der Waals surface area contributed by atoms with Crippen LogP contribution in [0.1, 0.15) is 21.2 Å². The lowest BCUT2D eigenvalue weighted by Gasteiger charge is -2.18. The van der Waals surface area contributed by atoms with E-state index in [-0.39, 0.29) is 10.4 Å². The van der Waals surface area contributed by atoms with Crippen molar-refractivity contribution in [1.82, 2.24) is 4.90 Å². The molecular formula is C16H21NO8S. The molecule has 0 fully saturated rings. The van der Waals surface area contributed by atoms with Gasteiger partial charge in [-0.05, 0) is 25.7 Å². The van der Waals surface area contributed by atoms with Crippen molar-refractivity contribution in [3.8, 4) is 17.2 Å². The SMILES string of the molecule is COc1cc2c(c(OC)c1OC)C(=O)SC2CN(C)C.O=C(O)C(=O)O. The average Bonchev–Trinajstić information content (AvgIpc) is 2.88. The van der Waals surface area contributed by atoms with Gasteiger partial charge in [-0.1, -0.05) is 11.8 Å². The van der Waals surface area contributed by atoms with Crippen molar-refractivity contribution in [2.24, 2.45) is 0 Å². The van der Waals surface area contributed by atoms with Crippen LogP contribution in [0.2, 0.25) is 0 Å². The summed E-state index contributed by atoms with van der Waals surface area (Å²) in [6, 6.07) is 1.88. The topological polar surface area (TPSA) is 123 Å². The molecule has 1 unspecified atom stereocenters. The summed E-state index contributed by atoms with van der Waals surface area (Å²) in [6.07, 6.45) is 0. The zero-order valence-corrected chi connectivity index (χ0v) is 15.9. The maximum atomic E-state index is 12.3. The van der Waals surface area contributed by atoms with E-state index in [0.717, 1.165) is 12.1 Å². The number of hydrogen-bond donors (Lipinski definition) is 2. The Morgan fingerprint density at radius 1 is 1.08 bits per heavy atom. The average molecular weight is 387 g/mol. The molecule has 2 N–H and O–H groups in total. The molecule has 1 aromatic carbocycles. The number of benzene rings is 1. The van der Waals surface area contributed by atoms with Crippen LogP contribution >= 0.6 is 11.8 Å². The molecule has 144 valence electrons. The third-order valence-electron chi connectivity index (χ3n) is 3.37. The highest BCUT2D eigenvalue weighted by atomic mass is 32.2. The predicted molar refractivity (Wildman–Crippen MR) is 94.6 cm³/mol. The fourth-order valence-corrected chi connectivity index (χ4v) is 3.63. The Morgan fingerprint density at radius 2 is 1.62 bits per heavy atom. The number of methoxy groups -OCH3 is 3. The quantitative estimate of drug-likeness (QED) is 0.716. The van der Waals surface area contributed by atoms with Crippen LogP contribution < -0.4 is 14.2 Å². The largest absolute Gasteiger partial charge is 0.493 e. The van der Waals surface area contributed by atoms with Gasteiger partial charge in [-0.15, -0.1) is 0 Å². The molecule has 1 aromatic rings. The third kappa shape index (κ3) is 4.79. The first-order valence-corrected chi connectivity index (χ1v) is 8.20. The van der Waals surface area contributed by atoms with Gasteiger partial charge in [-0.2, -0.15) is 0 Å². The van der Waals surface area contributed by atoms with E-state index in [0.29, 0.717) is 22.8 Å². The maximum absolute atomic E-state index is 12.3. The molecule has 0 spiro atoms. The fourth-order valence-electron chi connectivity index (χ4n) is 2.36. The van der Waals surface area contributed by atoms with E-state index in [1.807, 2.05) is 20.2 Å². The van der Waals surface area contributed by atoms with Crippen molar-refractivity contribution in [2.45, 2.75) is 5.25 Å². The Hall–Kier alpha value is -2.46. The number of rotatable bonds is 5. The molecular weight excluding hydrogens is 366 g/mol. The van der Waals surface area contributed by atoms with E-state index in [4.69, 9.17) is 34.0 Å². The smallest absolute Gasteiger partial charge is 0.414 e. The molecule has 0 aliphatic carbocycles. The van der Waals surface area contributed by atoms with E-state index in [2.05, 4.69) is 4.90 Å². The van der Waals surface area contributed by atoms with Gasteiger partial charge >= 0.3 is 11.9 Å². The maximum Gasteiger partial charge on any atom is 0.414 e. The molecule has 0 saturated heterocycles. The minimum Gasteiger partial charge on any atom is -0.493 e. The highest BCUT2D eigenvalue weighted by Gasteiger charge is 2.36. The number of nitrogens with zero attached hydrogens (tertiary/aromatic N) is 1. The van der Waals surface area contributed by atoms with Crippen molar-refractivity contribution >= 4 is 28.8 Å². The van der Waals surface area contributed by atoms with Crippen LogP contribution in [-0.4, -0.2) is 74.1 Å². The molecule has 0 aromatic heterocycles. The lowest BCUT2D eigenvalue weighted by Crippen LogP contribution is -2.17. The van der Waals surface area contributed by atoms with Crippen LogP contribution in [0.25, 0.3) is 0 Å². The Kier molecular flexibility index (Phi) is 7.72. The van der Waals surface area contributed by atoms with E-state index in [1.165, 1.54) is 26.0 Å². The monoisotopic (exact) mass is 387 g/mol. The van der Waals surface area contributed by atoms with Crippen LogP contribution in [-0.2, 0) is 9.59 Å². The van der Waals surface area contributed by atoms with E-state index in [9.17, 15) is 4.79 Å². The summed E-state index contributed by atoms with van der Waals surface area (Å²) in [4.78, 5) is 32.5. The summed E-state index contributed by atoms with van der Waals surface area (Å²) >= 11 is 1.32. The van der Waals surface area contributed by atoms with Gasteiger partial charge < -0.3 is 29.3 Å². The lowest BCUT2D eigenvalue weighted by molar-refractivity contribution is -0.159. The number of carboxylic acids is 2. The van der Waals surface area contributed by atoms with Crippen LogP contribution in [0.5, 0.6) is 17.2 Å². The summed E-state index contributed by atoms with van der Waals surface area (Å²) < 4.78 is 16.1. The second kappa shape index (κ2) is 9.30. The van der Waals surface area contributed by atoms with Gasteiger partial charge in [0.15, 0.2) is 11.5 Å². The molecule has 26 heavy (non-hydrogen) atoms. The Labute approximate surface area is 154 Å². The number of aliphatic carboxylic acids is 2. The summed E-state index contributed by atoms with van der Waals surface area (Å²) in [5.74, 6) is -2.14. The lowest BCUT2D eigenvalue weighted by atomic mass is 10.0. The van der Waals surface area contributed by atoms with Gasteiger partial charge in [0, 0.05) is 6.54 Å². The highest BCUT2D eigenvalue weighted by Crippen LogP contribution is 2.52. The predicted octanol–water partition coefficient (Wildman–Crippen LogP) is 1.36. The first-order chi connectivity index (χ1) is 12.2. The standard InChI is InChI=1S/C14H19NO4S.C2H2O4/c1-15(2)7-10-8-6-9(17-3)12(18-4)13(19-5)11(8)14(16)20-10;3-1(4)2(5)6/h6,10H,7H2,1-5H3;(H,3,4)(H,5,6). The van der Waals surface area contributed by atoms with Gasteiger partial charge in [0.25, 0.3) is 0 Å². The molecule has 0 amide bonds. The Bertz CT molecular complexity index is 692. The number of carboxylic acid groups (broad SMARTS) is 2. The summed E-state index contributed by atoms with van der Waals surface area (Å²) in [5, 5.41) is 14.9. The molecule has 9 nitrogen and oxygen atoms in total. The number of thioether (sulfide) groups is 1. The number of fused-ring (bicyclic) bond motifs is 1. The number of ether oxygens (including phenoxy) is 3. The highest BCUT2D eigenvalue weighted by molar-refractivity contribution is 8.14. The molecule has 2 rings (SSSR count). The van der Waals surface area contributed by atoms with Crippen molar-refractivity contribution in [1.29, 1.82) is 0 Å². The molecule has 0 bridgehead atoms. The van der Waals surface area contributed by atoms with Crippen molar-refractivity contribution in [3.05, 3.63) is 17.2 Å². The van der Waals surface area contributed by atoms with Crippen LogP contribution in [0, 0.1) is 0 Å². The molecule has 1 aliphatic rings. The minimum absolute atomic E-state index is 0.0182. The normalized spacial score (nSPS) is 15.0. The van der Waals surface area contributed by atoms with E-state index >= 15 is 0 Å². The Balaban J connectivity index is 0.000000487. The minimum atomic E-state index is -1.82. The number of carbonyl (C=O) groups is 3. The van der Waals surface area contributed by atoms with Gasteiger partial charge in [0.1, 0.15) is 0 Å². The van der Waals surface area contributed by atoms with Crippen molar-refractivity contribution in [3.63, 3.8) is 0 Å². The second-order valence-corrected chi connectivity index (χ2v) is 6.55. The zero-order valence-electron chi connectivity index (χ0n) is 15.1. The Morgan fingerprint density at radius 3 is 2.00 bits per heavy atom. The van der Waals surface area contributed by atoms with Crippen LogP contribution in [0.3, 0.4) is 0 Å². The number of carbonyl (C=O) groups excluding carboxylic acids is 1. The van der Waals surface area contributed by atoms with Gasteiger partial charge in [-0.3, -0.25) is 4.79 Å². The van der Waals surface area contributed by atoms with Crippen LogP contribution in [0.4, 0.5) is 0 Å². The second-order valence-electron chi connectivity index (χ2n) is 5.38. The first kappa shape index (κ1) is 21.6. The number of hydrogen-bond acceptors (Lipinski definition) is 8. The van der Waals surface area contributed by atoms with Crippen molar-refractivity contribution in [2.75, 3.05) is 42.0 Å². The number of likely N-dealkylation sites (N-methyl/N-ethyl adjacent to an activating group) is 1. The third-order valence-corrected chi connectivity index (χ3v) is 4.48. The van der Waals surface area contributed by atoms with Crippen molar-refractivity contribution < 1.29 is 38.8 Å². The summed E-state index contributed by atoms with van der Waals surface area (Å²) in [6.45, 7) is 0.780. The summed E-state index contributed by atoms with van der Waals surface area (Å²) in [5.41, 5.74) is 1.55. The molecule has 1 aliphatic heterocycles. The fraction of sp³-hybridized carbons (Fsp3) is 0.438. The van der Waals surface area contributed by atoms with E-state index < -0.39 is 11.9 Å². The molecule has 0 saturated carbocycles. The molecule has 1 heterocycles. The van der Waals surface area contributed by atoms with Crippen LogP contribution in [0.15, 0.2) is 6.07 Å². The molecule has 0 radical (unpaired) electrons. The van der Waals surface area contributed by atoms with Gasteiger partial charge in [0.2, 0.25) is 10.9 Å². The first-order valence-electron chi connectivity index (χ1n) is 7.32. The molecule has 10 heteroatoms. The zero-order chi connectivity index (χ0) is 20.0. The summed E-state index contributed by atoms with van der Waals surface area (Å²) in [7, 11) is 8.63. The van der Waals surface area contributed by atoms with Gasteiger partial charge in [0.05, 0.1) is 32.1 Å². The molecule has 1 atom stereocenters. The van der Waals surface area contributed by atoms with Gasteiger partial charge in [-0.25, -0.2) is 9.59 Å².